The van der Waals surface area contributed by atoms with Gasteiger partial charge in [0, 0.05) is 12.8 Å². The van der Waals surface area contributed by atoms with Crippen molar-refractivity contribution in [1.29, 1.82) is 0 Å². The molecule has 0 fully saturated rings. The molecule has 0 rings (SSSR count). The molecule has 0 bridgehead atoms. The summed E-state index contributed by atoms with van der Waals surface area (Å²) in [6, 6.07) is -0.567. The Bertz CT molecular complexity index is 367. The van der Waals surface area contributed by atoms with Crippen LogP contribution in [0.1, 0.15) is 45.4 Å². The molecule has 142 valence electrons. The lowest BCUT2D eigenvalue weighted by Crippen LogP contribution is -2.50. The van der Waals surface area contributed by atoms with Gasteiger partial charge in [0.2, 0.25) is 0 Å². The van der Waals surface area contributed by atoms with Crippen LogP contribution in [-0.4, -0.2) is 79.7 Å². The van der Waals surface area contributed by atoms with Gasteiger partial charge in [-0.1, -0.05) is 26.2 Å². The van der Waals surface area contributed by atoms with Gasteiger partial charge in [-0.05, 0) is 6.42 Å². The Kier molecular flexibility index (Phi) is 11.6. The Morgan fingerprint density at radius 2 is 1.75 bits per heavy atom. The maximum absolute atomic E-state index is 11.5. The van der Waals surface area contributed by atoms with Gasteiger partial charge in [0.05, 0.1) is 34.4 Å². The molecule has 7 heteroatoms. The number of nitrogens with zero attached hydrogens (tertiary/aromatic N) is 1. The van der Waals surface area contributed by atoms with E-state index in [1.807, 2.05) is 21.1 Å². The number of carbonyl (C=O) groups excluding carboxylic acids is 1. The largest absolute Gasteiger partial charge is 0.477 e. The number of hydrogen-bond donors (Lipinski definition) is 2. The molecule has 0 aromatic rings. The van der Waals surface area contributed by atoms with Crippen LogP contribution in [0.25, 0.3) is 0 Å². The third-order valence-electron chi connectivity index (χ3n) is 3.74. The van der Waals surface area contributed by atoms with E-state index >= 15 is 0 Å². The van der Waals surface area contributed by atoms with Gasteiger partial charge in [0.1, 0.15) is 12.7 Å². The molecule has 0 aromatic heterocycles. The summed E-state index contributed by atoms with van der Waals surface area (Å²) in [5.41, 5.74) is 0. The fourth-order valence-corrected chi connectivity index (χ4v) is 2.26. The van der Waals surface area contributed by atoms with Crippen LogP contribution in [-0.2, 0) is 19.1 Å². The van der Waals surface area contributed by atoms with Crippen LogP contribution in [0.2, 0.25) is 0 Å². The highest BCUT2D eigenvalue weighted by Crippen LogP contribution is 2.08. The smallest absolute Gasteiger partial charge is 0.362 e. The van der Waals surface area contributed by atoms with Gasteiger partial charge in [-0.3, -0.25) is 4.79 Å². The first-order chi connectivity index (χ1) is 11.2. The second-order valence-electron chi connectivity index (χ2n) is 6.98. The Labute approximate surface area is 145 Å². The van der Waals surface area contributed by atoms with Crippen molar-refractivity contribution in [2.45, 2.75) is 57.6 Å². The zero-order valence-electron chi connectivity index (χ0n) is 15.5. The van der Waals surface area contributed by atoms with Crippen LogP contribution in [0.3, 0.4) is 0 Å². The fourth-order valence-electron chi connectivity index (χ4n) is 2.26. The second-order valence-corrected chi connectivity index (χ2v) is 6.98. The monoisotopic (exact) mass is 348 g/mol. The number of unbranched alkanes of at least 4 members (excludes halogenated alkanes) is 3. The van der Waals surface area contributed by atoms with E-state index in [0.29, 0.717) is 17.3 Å². The maximum Gasteiger partial charge on any atom is 0.362 e. The lowest BCUT2D eigenvalue weighted by atomic mass is 10.1. The van der Waals surface area contributed by atoms with Gasteiger partial charge >= 0.3 is 11.9 Å². The quantitative estimate of drug-likeness (QED) is 0.280. The number of likely N-dealkylation sites (N-methyl/N-ethyl adjacent to an activating group) is 1. The molecule has 0 aromatic carbocycles. The van der Waals surface area contributed by atoms with Crippen molar-refractivity contribution >= 4 is 11.9 Å². The lowest BCUT2D eigenvalue weighted by molar-refractivity contribution is -0.887. The van der Waals surface area contributed by atoms with Gasteiger partial charge in [-0.25, -0.2) is 4.79 Å². The van der Waals surface area contributed by atoms with E-state index in [1.165, 1.54) is 0 Å². The van der Waals surface area contributed by atoms with E-state index in [1.54, 1.807) is 0 Å². The van der Waals surface area contributed by atoms with Crippen LogP contribution in [0, 0.1) is 0 Å². The van der Waals surface area contributed by atoms with Gasteiger partial charge in [0.25, 0.3) is 0 Å². The predicted octanol–water partition coefficient (Wildman–Crippen LogP) is 1.43. The number of aliphatic carboxylic acids is 1. The van der Waals surface area contributed by atoms with Gasteiger partial charge in [-0.15, -0.1) is 0 Å². The first-order valence-corrected chi connectivity index (χ1v) is 8.63. The number of quaternary nitrogens is 1. The summed E-state index contributed by atoms with van der Waals surface area (Å²) in [7, 11) is 5.44. The molecular formula is C17H34NO6+. The molecule has 24 heavy (non-hydrogen) atoms. The molecule has 2 atom stereocenters. The van der Waals surface area contributed by atoms with Crippen molar-refractivity contribution in [2.75, 3.05) is 41.0 Å². The number of rotatable bonds is 14. The van der Waals surface area contributed by atoms with Crippen LogP contribution >= 0.6 is 0 Å². The van der Waals surface area contributed by atoms with Crippen molar-refractivity contribution in [3.63, 3.8) is 0 Å². The minimum Gasteiger partial charge on any atom is -0.477 e. The standard InChI is InChI=1S/C17H33NO6/c1-5-6-7-8-9-16(20)24-13-14(19)12-23-11-10-15(17(21)22)18(2,3)4/h14-15,19H,5-13H2,1-4H3/p+1. The fraction of sp³-hybridized carbons (Fsp3) is 0.882. The summed E-state index contributed by atoms with van der Waals surface area (Å²) in [5.74, 6) is -1.18. The highest BCUT2D eigenvalue weighted by Gasteiger charge is 2.30. The Balaban J connectivity index is 3.81. The second kappa shape index (κ2) is 12.2. The highest BCUT2D eigenvalue weighted by molar-refractivity contribution is 5.72. The van der Waals surface area contributed by atoms with E-state index in [-0.39, 0.29) is 25.8 Å². The minimum absolute atomic E-state index is 0.0204. The number of ether oxygens (including phenoxy) is 2. The van der Waals surface area contributed by atoms with Crippen molar-refractivity contribution < 1.29 is 33.8 Å². The number of hydrogen-bond acceptors (Lipinski definition) is 5. The van der Waals surface area contributed by atoms with Crippen molar-refractivity contribution in [2.24, 2.45) is 0 Å². The van der Waals surface area contributed by atoms with E-state index in [2.05, 4.69) is 6.92 Å². The Hall–Kier alpha value is -1.18. The number of esters is 1. The van der Waals surface area contributed by atoms with Gasteiger partial charge < -0.3 is 24.2 Å². The SMILES string of the molecule is CCCCCCC(=O)OCC(O)COCCC(C(=O)O)[N+](C)(C)C. The predicted molar refractivity (Wildman–Crippen MR) is 90.6 cm³/mol. The number of aliphatic hydroxyl groups excluding tert-OH is 1. The van der Waals surface area contributed by atoms with Crippen LogP contribution in [0.4, 0.5) is 0 Å². The van der Waals surface area contributed by atoms with Crippen LogP contribution in [0.5, 0.6) is 0 Å². The number of carboxylic acid groups (broad SMARTS) is 1. The average molecular weight is 348 g/mol. The Morgan fingerprint density at radius 1 is 1.08 bits per heavy atom. The minimum atomic E-state index is -0.892. The number of aliphatic hydroxyl groups is 1. The van der Waals surface area contributed by atoms with Crippen molar-refractivity contribution in [3.8, 4) is 0 Å². The third kappa shape index (κ3) is 11.4. The first kappa shape index (κ1) is 22.8. The third-order valence-corrected chi connectivity index (χ3v) is 3.74. The van der Waals surface area contributed by atoms with E-state index in [0.717, 1.165) is 25.7 Å². The van der Waals surface area contributed by atoms with Crippen LogP contribution in [0.15, 0.2) is 0 Å². The first-order valence-electron chi connectivity index (χ1n) is 8.63. The van der Waals surface area contributed by atoms with Gasteiger partial charge in [0.15, 0.2) is 6.04 Å². The summed E-state index contributed by atoms with van der Waals surface area (Å²) in [5, 5.41) is 18.9. The van der Waals surface area contributed by atoms with E-state index in [9.17, 15) is 19.8 Å². The Morgan fingerprint density at radius 3 is 2.29 bits per heavy atom. The topological polar surface area (TPSA) is 93.1 Å². The molecule has 0 saturated carbocycles. The van der Waals surface area contributed by atoms with E-state index in [4.69, 9.17) is 9.47 Å². The summed E-state index contributed by atoms with van der Waals surface area (Å²) in [4.78, 5) is 22.7. The maximum atomic E-state index is 11.5. The number of carbonyl (C=O) groups is 2. The average Bonchev–Trinajstić information content (AvgIpc) is 2.47. The highest BCUT2D eigenvalue weighted by atomic mass is 16.5. The number of carboxylic acids is 1. The molecule has 0 radical (unpaired) electrons. The molecule has 0 saturated heterocycles. The van der Waals surface area contributed by atoms with E-state index < -0.39 is 18.1 Å². The molecule has 0 amide bonds. The molecule has 0 heterocycles. The normalized spacial score (nSPS) is 14.2. The summed E-state index contributed by atoms with van der Waals surface area (Å²) in [6.45, 7) is 2.26. The molecule has 0 aliphatic heterocycles. The summed E-state index contributed by atoms with van der Waals surface area (Å²) >= 11 is 0. The zero-order valence-corrected chi connectivity index (χ0v) is 15.5. The van der Waals surface area contributed by atoms with Crippen LogP contribution < -0.4 is 0 Å². The molecular weight excluding hydrogens is 314 g/mol. The molecule has 0 spiro atoms. The van der Waals surface area contributed by atoms with Crippen molar-refractivity contribution in [1.82, 2.24) is 0 Å². The zero-order chi connectivity index (χ0) is 18.6. The summed E-state index contributed by atoms with van der Waals surface area (Å²) in [6.07, 6.45) is 3.86. The molecule has 0 aliphatic carbocycles. The molecule has 0 aliphatic rings. The molecule has 2 N–H and O–H groups in total. The van der Waals surface area contributed by atoms with Crippen molar-refractivity contribution in [3.05, 3.63) is 0 Å². The summed E-state index contributed by atoms with van der Waals surface area (Å²) < 4.78 is 10.6. The van der Waals surface area contributed by atoms with Gasteiger partial charge in [-0.2, -0.15) is 0 Å². The molecule has 2 unspecified atom stereocenters. The molecule has 7 nitrogen and oxygen atoms in total. The lowest BCUT2D eigenvalue weighted by Gasteiger charge is -2.31.